The Kier molecular flexibility index (Phi) is 9.23. The van der Waals surface area contributed by atoms with E-state index in [0.29, 0.717) is 10.6 Å². The highest BCUT2D eigenvalue weighted by atomic mass is 127. The van der Waals surface area contributed by atoms with Crippen molar-refractivity contribution in [2.45, 2.75) is 0 Å². The first-order chi connectivity index (χ1) is 16.0. The van der Waals surface area contributed by atoms with E-state index < -0.39 is 5.83 Å². The van der Waals surface area contributed by atoms with Crippen LogP contribution in [0.4, 0.5) is 4.39 Å². The van der Waals surface area contributed by atoms with Crippen molar-refractivity contribution in [2.75, 3.05) is 0 Å². The van der Waals surface area contributed by atoms with Crippen LogP contribution in [0.3, 0.4) is 0 Å². The highest BCUT2D eigenvalue weighted by molar-refractivity contribution is 14.1. The Morgan fingerprint density at radius 2 is 1.27 bits per heavy atom. The summed E-state index contributed by atoms with van der Waals surface area (Å²) in [6.45, 7) is 7.17. The van der Waals surface area contributed by atoms with Crippen LogP contribution in [0.2, 0.25) is 0 Å². The molecule has 0 radical (unpaired) electrons. The summed E-state index contributed by atoms with van der Waals surface area (Å²) in [6, 6.07) is 23.4. The van der Waals surface area contributed by atoms with Gasteiger partial charge in [-0.2, -0.15) is 0 Å². The number of halogens is 3. The first kappa shape index (κ1) is 24.7. The van der Waals surface area contributed by atoms with Crippen molar-refractivity contribution in [1.29, 1.82) is 0 Å². The summed E-state index contributed by atoms with van der Waals surface area (Å²) in [6.07, 6.45) is 13.6. The van der Waals surface area contributed by atoms with E-state index in [1.807, 2.05) is 72.8 Å². The second-order valence-electron chi connectivity index (χ2n) is 7.23. The molecule has 0 aromatic heterocycles. The molecule has 0 saturated heterocycles. The quantitative estimate of drug-likeness (QED) is 0.189. The van der Waals surface area contributed by atoms with E-state index in [1.54, 1.807) is 18.2 Å². The minimum Gasteiger partial charge on any atom is -0.207 e. The fraction of sp³-hybridized carbons (Fsp3) is 0. The van der Waals surface area contributed by atoms with Gasteiger partial charge in [0.05, 0.1) is 0 Å². The predicted octanol–water partition coefficient (Wildman–Crippen LogP) is 10.1. The van der Waals surface area contributed by atoms with Crippen molar-refractivity contribution in [3.63, 3.8) is 0 Å². The third kappa shape index (κ3) is 7.55. The zero-order valence-corrected chi connectivity index (χ0v) is 20.9. The van der Waals surface area contributed by atoms with Crippen molar-refractivity contribution in [2.24, 2.45) is 0 Å². The van der Waals surface area contributed by atoms with Crippen molar-refractivity contribution < 1.29 is 4.39 Å². The molecule has 0 nitrogen and oxygen atoms in total. The normalized spacial score (nSPS) is 12.5. The predicted molar refractivity (Wildman–Crippen MR) is 153 cm³/mol. The molecule has 0 spiro atoms. The lowest BCUT2D eigenvalue weighted by Gasteiger charge is -2.02. The molecule has 3 rings (SSSR count). The SMILES string of the molecule is C=Cc1cccc(/C(I)=C/C=C/c2cccc(/C(Cl)=C/C=C/c3cccc(C(=C)F)c3)c2)c1. The van der Waals surface area contributed by atoms with E-state index in [0.717, 1.165) is 31.4 Å². The van der Waals surface area contributed by atoms with E-state index in [1.165, 1.54) is 0 Å². The van der Waals surface area contributed by atoms with Crippen molar-refractivity contribution >= 4 is 66.9 Å². The van der Waals surface area contributed by atoms with Crippen LogP contribution in [0.5, 0.6) is 0 Å². The van der Waals surface area contributed by atoms with Crippen LogP contribution in [0.1, 0.15) is 33.4 Å². The number of hydrogen-bond donors (Lipinski definition) is 0. The van der Waals surface area contributed by atoms with Gasteiger partial charge in [0.1, 0.15) is 5.83 Å². The average molecular weight is 565 g/mol. The van der Waals surface area contributed by atoms with Gasteiger partial charge in [-0.15, -0.1) is 0 Å². The Hall–Kier alpha value is -2.95. The van der Waals surface area contributed by atoms with Gasteiger partial charge in [-0.05, 0) is 80.8 Å². The Morgan fingerprint density at radius 1 is 0.758 bits per heavy atom. The maximum Gasteiger partial charge on any atom is 0.123 e. The second-order valence-corrected chi connectivity index (χ2v) is 8.80. The summed E-state index contributed by atoms with van der Waals surface area (Å²) >= 11 is 8.85. The van der Waals surface area contributed by atoms with Gasteiger partial charge in [0.15, 0.2) is 0 Å². The van der Waals surface area contributed by atoms with E-state index in [9.17, 15) is 4.39 Å². The fourth-order valence-corrected chi connectivity index (χ4v) is 3.83. The van der Waals surface area contributed by atoms with Gasteiger partial charge in [0, 0.05) is 14.2 Å². The van der Waals surface area contributed by atoms with Crippen LogP contribution < -0.4 is 0 Å². The first-order valence-electron chi connectivity index (χ1n) is 10.3. The maximum absolute atomic E-state index is 13.3. The lowest BCUT2D eigenvalue weighted by Crippen LogP contribution is -1.80. The van der Waals surface area contributed by atoms with Crippen LogP contribution in [0.15, 0.2) is 110 Å². The molecule has 0 bridgehead atoms. The van der Waals surface area contributed by atoms with E-state index in [4.69, 9.17) is 11.6 Å². The third-order valence-electron chi connectivity index (χ3n) is 4.82. The number of rotatable bonds is 8. The summed E-state index contributed by atoms with van der Waals surface area (Å²) in [5.41, 5.74) is 5.59. The Morgan fingerprint density at radius 3 is 1.91 bits per heavy atom. The molecule has 0 amide bonds. The van der Waals surface area contributed by atoms with Crippen LogP contribution in [0, 0.1) is 0 Å². The van der Waals surface area contributed by atoms with Gasteiger partial charge in [0.25, 0.3) is 0 Å². The molecule has 3 aromatic rings. The van der Waals surface area contributed by atoms with Gasteiger partial charge >= 0.3 is 0 Å². The molecule has 3 heteroatoms. The minimum absolute atomic E-state index is 0.446. The van der Waals surface area contributed by atoms with Crippen molar-refractivity contribution in [3.05, 3.63) is 144 Å². The molecular weight excluding hydrogens is 542 g/mol. The number of hydrogen-bond acceptors (Lipinski definition) is 0. The highest BCUT2D eigenvalue weighted by Crippen LogP contribution is 2.24. The molecule has 0 aliphatic heterocycles. The summed E-state index contributed by atoms with van der Waals surface area (Å²) in [5.74, 6) is -0.446. The van der Waals surface area contributed by atoms with Crippen molar-refractivity contribution in [3.8, 4) is 0 Å². The molecule has 0 saturated carbocycles. The summed E-state index contributed by atoms with van der Waals surface area (Å²) in [4.78, 5) is 0. The second kappa shape index (κ2) is 12.3. The Labute approximate surface area is 214 Å². The van der Waals surface area contributed by atoms with Crippen LogP contribution in [-0.2, 0) is 0 Å². The molecular formula is C30H23ClFI. The van der Waals surface area contributed by atoms with Gasteiger partial charge in [-0.25, -0.2) is 4.39 Å². The van der Waals surface area contributed by atoms with Gasteiger partial charge in [0.2, 0.25) is 0 Å². The molecule has 164 valence electrons. The Balaban J connectivity index is 1.71. The molecule has 0 heterocycles. The topological polar surface area (TPSA) is 0 Å². The summed E-state index contributed by atoms with van der Waals surface area (Å²) in [5, 5.41) is 0.624. The zero-order chi connectivity index (χ0) is 23.6. The van der Waals surface area contributed by atoms with E-state index in [2.05, 4.69) is 60.0 Å². The smallest absolute Gasteiger partial charge is 0.123 e. The Bertz CT molecular complexity index is 1280. The molecule has 0 N–H and O–H groups in total. The largest absolute Gasteiger partial charge is 0.207 e. The third-order valence-corrected chi connectivity index (χ3v) is 6.15. The lowest BCUT2D eigenvalue weighted by molar-refractivity contribution is 0.763. The lowest BCUT2D eigenvalue weighted by atomic mass is 10.1. The molecule has 33 heavy (non-hydrogen) atoms. The van der Waals surface area contributed by atoms with Gasteiger partial charge < -0.3 is 0 Å². The van der Waals surface area contributed by atoms with E-state index >= 15 is 0 Å². The van der Waals surface area contributed by atoms with Crippen molar-refractivity contribution in [1.82, 2.24) is 0 Å². The summed E-state index contributed by atoms with van der Waals surface area (Å²) < 4.78 is 14.5. The number of benzene rings is 3. The highest BCUT2D eigenvalue weighted by Gasteiger charge is 2.00. The molecule has 0 fully saturated rings. The molecule has 0 aliphatic carbocycles. The molecule has 3 aromatic carbocycles. The van der Waals surface area contributed by atoms with Crippen LogP contribution in [-0.4, -0.2) is 0 Å². The molecule has 0 aliphatic rings. The first-order valence-corrected chi connectivity index (χ1v) is 11.8. The maximum atomic E-state index is 13.3. The van der Waals surface area contributed by atoms with Crippen LogP contribution >= 0.6 is 34.2 Å². The van der Waals surface area contributed by atoms with E-state index in [-0.39, 0.29) is 0 Å². The van der Waals surface area contributed by atoms with Crippen LogP contribution in [0.25, 0.3) is 32.7 Å². The zero-order valence-electron chi connectivity index (χ0n) is 18.0. The van der Waals surface area contributed by atoms with Gasteiger partial charge in [-0.1, -0.05) is 110 Å². The number of allylic oxidation sites excluding steroid dienone is 4. The standard InChI is InChI=1S/C30H23ClFI/c1-3-23-9-4-16-28(19-23)30(33)18-8-13-25-11-6-15-27(21-25)29(31)17-7-12-24-10-5-14-26(20-24)22(2)32/h3-21H,1-2H2/b12-7+,13-8+,29-17-,30-18-. The fourth-order valence-electron chi connectivity index (χ4n) is 3.10. The summed E-state index contributed by atoms with van der Waals surface area (Å²) in [7, 11) is 0. The monoisotopic (exact) mass is 564 g/mol. The average Bonchev–Trinajstić information content (AvgIpc) is 2.84. The molecule has 0 atom stereocenters. The minimum atomic E-state index is -0.446. The van der Waals surface area contributed by atoms with Gasteiger partial charge in [-0.3, -0.25) is 0 Å². The molecule has 0 unspecified atom stereocenters.